The van der Waals surface area contributed by atoms with E-state index in [1.165, 1.54) is 6.26 Å². The molecule has 1 heterocycles. The van der Waals surface area contributed by atoms with Gasteiger partial charge in [-0.25, -0.2) is 16.8 Å². The van der Waals surface area contributed by atoms with E-state index in [1.807, 2.05) is 19.6 Å². The van der Waals surface area contributed by atoms with Crippen molar-refractivity contribution in [2.24, 2.45) is 0 Å². The van der Waals surface area contributed by atoms with E-state index in [-0.39, 0.29) is 12.7 Å². The molecule has 0 radical (unpaired) electrons. The van der Waals surface area contributed by atoms with Crippen LogP contribution in [-0.4, -0.2) is 87.8 Å². The van der Waals surface area contributed by atoms with Gasteiger partial charge in [0.25, 0.3) is 0 Å². The van der Waals surface area contributed by atoms with E-state index in [4.69, 9.17) is 16.5 Å². The zero-order valence-corrected chi connectivity index (χ0v) is 26.2. The van der Waals surface area contributed by atoms with Gasteiger partial charge in [-0.3, -0.25) is 4.18 Å². The van der Waals surface area contributed by atoms with Crippen molar-refractivity contribution in [1.82, 2.24) is 0 Å². The monoisotopic (exact) mass is 610 g/mol. The van der Waals surface area contributed by atoms with Crippen LogP contribution in [0.25, 0.3) is 0 Å². The molecule has 2 atom stereocenters. The molecule has 1 aliphatic rings. The minimum absolute atomic E-state index is 0.100. The summed E-state index contributed by atoms with van der Waals surface area (Å²) in [7, 11) is -16.5. The molecular weight excluding hydrogens is 581 g/mol. The molecule has 0 aliphatic carbocycles. The van der Waals surface area contributed by atoms with E-state index in [2.05, 4.69) is 0 Å². The number of hydrogen-bond donors (Lipinski definition) is 0. The van der Waals surface area contributed by atoms with Gasteiger partial charge in [-0.15, -0.1) is 0 Å². The van der Waals surface area contributed by atoms with Crippen LogP contribution in [0.2, 0.25) is 37.8 Å². The molecule has 0 amide bonds. The maximum Gasteiger partial charge on any atom is 0.321 e. The minimum Gasteiger partial charge on any atom is -0.416 e. The second kappa shape index (κ2) is 11.4. The molecule has 1 aliphatic heterocycles. The number of rotatable bonds is 13. The molecule has 10 nitrogen and oxygen atoms in total. The van der Waals surface area contributed by atoms with E-state index < -0.39 is 52.6 Å². The highest BCUT2D eigenvalue weighted by Crippen LogP contribution is 2.38. The van der Waals surface area contributed by atoms with Crippen LogP contribution >= 0.6 is 32.4 Å². The Hall–Kier alpha value is 1.39. The van der Waals surface area contributed by atoms with Crippen molar-refractivity contribution in [3.05, 3.63) is 0 Å². The molecule has 0 saturated carbocycles. The fourth-order valence-electron chi connectivity index (χ4n) is 2.87. The van der Waals surface area contributed by atoms with Crippen molar-refractivity contribution in [1.29, 1.82) is 0 Å². The van der Waals surface area contributed by atoms with Gasteiger partial charge in [-0.2, -0.15) is 8.42 Å². The van der Waals surface area contributed by atoms with Crippen LogP contribution < -0.4 is 0 Å². The van der Waals surface area contributed by atoms with Crippen LogP contribution in [-0.2, 0) is 43.4 Å². The molecule has 1 rings (SSSR count). The highest BCUT2D eigenvalue weighted by atomic mass is 33.2. The zero-order valence-electron chi connectivity index (χ0n) is 18.3. The number of hydrogen-bond acceptors (Lipinski definition) is 13. The normalized spacial score (nSPS) is 30.4. The first-order chi connectivity index (χ1) is 13.8. The maximum absolute atomic E-state index is 11.6. The van der Waals surface area contributed by atoms with Crippen LogP contribution in [0.3, 0.4) is 0 Å². The van der Waals surface area contributed by atoms with Gasteiger partial charge >= 0.3 is 34.8 Å². The lowest BCUT2D eigenvalue weighted by Gasteiger charge is -2.50. The Morgan fingerprint density at radius 1 is 0.710 bits per heavy atom. The van der Waals surface area contributed by atoms with E-state index in [1.54, 1.807) is 0 Å². The smallest absolute Gasteiger partial charge is 0.321 e. The third kappa shape index (κ3) is 12.6. The fourth-order valence-corrected chi connectivity index (χ4v) is 27.0. The first-order valence-corrected chi connectivity index (χ1v) is 26.6. The predicted octanol–water partition coefficient (Wildman–Crippen LogP) is 2.28. The standard InChI is InChI=1S/C12H30O10S6Si3/c1-23-28(17,18)19-7-10-29(4)20-30(5,11-8-24-26(2,13)14)22-31(6,21-29)12-9-25-27(3,15)16/h7-12H2,1-6H3. The molecule has 186 valence electrons. The van der Waals surface area contributed by atoms with Crippen molar-refractivity contribution in [2.45, 2.75) is 37.8 Å². The maximum atomic E-state index is 11.6. The highest BCUT2D eigenvalue weighted by Gasteiger charge is 2.56. The fraction of sp³-hybridized carbons (Fsp3) is 1.00. The topological polar surface area (TPSA) is 139 Å². The summed E-state index contributed by atoms with van der Waals surface area (Å²) < 4.78 is 93.1. The second-order valence-corrected chi connectivity index (χ2v) is 30.9. The van der Waals surface area contributed by atoms with Gasteiger partial charge in [0, 0.05) is 30.1 Å². The molecule has 1 fully saturated rings. The highest BCUT2D eigenvalue weighted by molar-refractivity contribution is 8.72. The Balaban J connectivity index is 2.99. The summed E-state index contributed by atoms with van der Waals surface area (Å²) in [6, 6.07) is 1.06. The lowest BCUT2D eigenvalue weighted by molar-refractivity contribution is 0.217. The molecule has 0 aromatic heterocycles. The summed E-state index contributed by atoms with van der Waals surface area (Å²) in [5.41, 5.74) is 0. The van der Waals surface area contributed by atoms with Crippen molar-refractivity contribution in [3.63, 3.8) is 0 Å². The third-order valence-electron chi connectivity index (χ3n) is 3.99. The van der Waals surface area contributed by atoms with Crippen LogP contribution in [0.1, 0.15) is 0 Å². The molecule has 2 unspecified atom stereocenters. The largest absolute Gasteiger partial charge is 0.416 e. The third-order valence-corrected chi connectivity index (χ3v) is 26.1. The van der Waals surface area contributed by atoms with Crippen molar-refractivity contribution >= 4 is 85.0 Å². The van der Waals surface area contributed by atoms with Crippen LogP contribution in [0.5, 0.6) is 0 Å². The average Bonchev–Trinajstić information content (AvgIpc) is 2.50. The molecule has 1 saturated heterocycles. The average molecular weight is 611 g/mol. The Morgan fingerprint density at radius 3 is 1.39 bits per heavy atom. The lowest BCUT2D eigenvalue weighted by Crippen LogP contribution is -2.67. The summed E-state index contributed by atoms with van der Waals surface area (Å²) in [5, 5.41) is 0. The molecule has 0 spiro atoms. The van der Waals surface area contributed by atoms with Gasteiger partial charge in [-0.1, -0.05) is 0 Å². The molecule has 31 heavy (non-hydrogen) atoms. The summed E-state index contributed by atoms with van der Waals surface area (Å²) in [6.07, 6.45) is 3.68. The lowest BCUT2D eigenvalue weighted by atomic mass is 10.9. The van der Waals surface area contributed by atoms with Crippen molar-refractivity contribution < 1.29 is 41.8 Å². The van der Waals surface area contributed by atoms with E-state index >= 15 is 0 Å². The van der Waals surface area contributed by atoms with Gasteiger partial charge in [0.2, 0.25) is 0 Å². The van der Waals surface area contributed by atoms with E-state index in [9.17, 15) is 25.3 Å². The first kappa shape index (κ1) is 30.4. The van der Waals surface area contributed by atoms with Crippen molar-refractivity contribution in [2.75, 3.05) is 36.9 Å². The van der Waals surface area contributed by atoms with Gasteiger partial charge in [-0.05, 0) is 70.4 Å². The Morgan fingerprint density at radius 2 is 1.06 bits per heavy atom. The van der Waals surface area contributed by atoms with Gasteiger partial charge in [0.05, 0.1) is 6.61 Å². The molecular formula is C12H30O10S6Si3. The van der Waals surface area contributed by atoms with Crippen LogP contribution in [0, 0.1) is 0 Å². The second-order valence-electron chi connectivity index (χ2n) is 7.41. The molecule has 0 bridgehead atoms. The van der Waals surface area contributed by atoms with E-state index in [0.29, 0.717) is 34.4 Å². The summed E-state index contributed by atoms with van der Waals surface area (Å²) in [4.78, 5) is 0. The van der Waals surface area contributed by atoms with Crippen molar-refractivity contribution in [3.8, 4) is 0 Å². The van der Waals surface area contributed by atoms with Gasteiger partial charge in [0.1, 0.15) is 0 Å². The quantitative estimate of drug-likeness (QED) is 0.223. The van der Waals surface area contributed by atoms with Gasteiger partial charge < -0.3 is 12.3 Å². The summed E-state index contributed by atoms with van der Waals surface area (Å²) in [5.74, 6) is 0.595. The Kier molecular flexibility index (Phi) is 11.2. The predicted molar refractivity (Wildman–Crippen MR) is 136 cm³/mol. The first-order valence-electron chi connectivity index (χ1n) is 9.04. The van der Waals surface area contributed by atoms with Crippen LogP contribution in [0.15, 0.2) is 0 Å². The Bertz CT molecular complexity index is 875. The SMILES string of the molecule is CSS(=O)(=O)OCC[Si]1(C)O[Si](C)(CCSS(C)(=O)=O)O[Si](C)(CCSS(C)(=O)=O)O1. The summed E-state index contributed by atoms with van der Waals surface area (Å²) in [6.45, 7) is 5.40. The van der Waals surface area contributed by atoms with Crippen LogP contribution in [0.4, 0.5) is 0 Å². The van der Waals surface area contributed by atoms with E-state index in [0.717, 1.165) is 34.1 Å². The molecule has 0 N–H and O–H groups in total. The molecule has 0 aromatic rings. The zero-order chi connectivity index (χ0) is 24.2. The minimum atomic E-state index is -3.69. The molecule has 0 aromatic carbocycles. The Labute approximate surface area is 200 Å². The van der Waals surface area contributed by atoms with Gasteiger partial charge in [0.15, 0.2) is 17.7 Å². The molecule has 19 heteroatoms. The summed E-state index contributed by atoms with van der Waals surface area (Å²) >= 11 is 0.